The van der Waals surface area contributed by atoms with Crippen LogP contribution in [0, 0.1) is 13.8 Å². The van der Waals surface area contributed by atoms with Crippen LogP contribution in [0.5, 0.6) is 0 Å². The Morgan fingerprint density at radius 2 is 1.76 bits per heavy atom. The van der Waals surface area contributed by atoms with E-state index in [-0.39, 0.29) is 6.04 Å². The number of piperazine rings is 1. The minimum absolute atomic E-state index is 0.242. The molecule has 1 aromatic carbocycles. The largest absolute Gasteiger partial charge is 0.378 e. The Morgan fingerprint density at radius 3 is 2.50 bits per heavy atom. The third kappa shape index (κ3) is 4.68. The number of hydrogen-bond acceptors (Lipinski definition) is 7. The number of aromatic nitrogens is 3. The molecule has 0 aliphatic carbocycles. The fraction of sp³-hybridized carbons (Fsp3) is 0.423. The van der Waals surface area contributed by atoms with E-state index in [0.29, 0.717) is 18.2 Å². The molecule has 34 heavy (non-hydrogen) atoms. The number of hydrogen-bond donors (Lipinski definition) is 0. The lowest BCUT2D eigenvalue weighted by atomic mass is 10.0. The maximum atomic E-state index is 6.42. The lowest BCUT2D eigenvalue weighted by Crippen LogP contribution is -2.53. The van der Waals surface area contributed by atoms with Crippen molar-refractivity contribution in [3.05, 3.63) is 58.7 Å². The van der Waals surface area contributed by atoms with Gasteiger partial charge in [-0.1, -0.05) is 23.7 Å². The Kier molecular flexibility index (Phi) is 6.57. The monoisotopic (exact) mass is 478 g/mol. The van der Waals surface area contributed by atoms with Crippen LogP contribution in [0.15, 0.2) is 42.6 Å². The molecule has 0 N–H and O–H groups in total. The summed E-state index contributed by atoms with van der Waals surface area (Å²) in [6.45, 7) is 12.0. The molecule has 2 aliphatic rings. The van der Waals surface area contributed by atoms with Crippen LogP contribution >= 0.6 is 11.6 Å². The zero-order chi connectivity index (χ0) is 23.7. The second-order valence-electron chi connectivity index (χ2n) is 9.11. The zero-order valence-corrected chi connectivity index (χ0v) is 20.8. The van der Waals surface area contributed by atoms with Crippen LogP contribution < -0.4 is 14.7 Å². The Bertz CT molecular complexity index is 1170. The van der Waals surface area contributed by atoms with Crippen molar-refractivity contribution in [3.63, 3.8) is 0 Å². The van der Waals surface area contributed by atoms with Crippen molar-refractivity contribution in [2.24, 2.45) is 0 Å². The molecule has 1 atom stereocenters. The summed E-state index contributed by atoms with van der Waals surface area (Å²) in [4.78, 5) is 21.4. The maximum absolute atomic E-state index is 6.42. The van der Waals surface area contributed by atoms with Gasteiger partial charge in [0.1, 0.15) is 11.6 Å². The summed E-state index contributed by atoms with van der Waals surface area (Å²) in [7, 11) is 0. The molecule has 8 heteroatoms. The standard InChI is InChI=1S/C26H31ClN6O/c1-18-6-7-21(15-19(18)2)23-16-24(30-26(29-23)31-11-13-34-14-12-31)33-10-9-32(17-20(33)3)25-22(27)5-4-8-28-25/h4-8,15-16,20H,9-14,17H2,1-3H3. The van der Waals surface area contributed by atoms with Gasteiger partial charge in [0, 0.05) is 56.6 Å². The number of morpholine rings is 1. The number of ether oxygens (including phenoxy) is 1. The third-order valence-electron chi connectivity index (χ3n) is 6.76. The van der Waals surface area contributed by atoms with E-state index in [2.05, 4.69) is 64.7 Å². The van der Waals surface area contributed by atoms with Crippen LogP contribution in [-0.4, -0.2) is 66.9 Å². The molecule has 3 aromatic rings. The molecule has 1 unspecified atom stereocenters. The van der Waals surface area contributed by atoms with Gasteiger partial charge < -0.3 is 19.4 Å². The van der Waals surface area contributed by atoms with Crippen molar-refractivity contribution in [2.75, 3.05) is 60.6 Å². The van der Waals surface area contributed by atoms with E-state index < -0.39 is 0 Å². The summed E-state index contributed by atoms with van der Waals surface area (Å²) < 4.78 is 5.56. The Morgan fingerprint density at radius 1 is 0.941 bits per heavy atom. The summed E-state index contributed by atoms with van der Waals surface area (Å²) in [5.74, 6) is 2.59. The van der Waals surface area contributed by atoms with Crippen LogP contribution in [-0.2, 0) is 4.74 Å². The van der Waals surface area contributed by atoms with Gasteiger partial charge in [-0.05, 0) is 50.1 Å². The summed E-state index contributed by atoms with van der Waals surface area (Å²) in [5.41, 5.74) is 4.62. The fourth-order valence-electron chi connectivity index (χ4n) is 4.62. The predicted molar refractivity (Wildman–Crippen MR) is 138 cm³/mol. The van der Waals surface area contributed by atoms with Gasteiger partial charge in [-0.15, -0.1) is 0 Å². The second kappa shape index (κ2) is 9.76. The molecular weight excluding hydrogens is 448 g/mol. The zero-order valence-electron chi connectivity index (χ0n) is 20.0. The average molecular weight is 479 g/mol. The number of anilines is 3. The van der Waals surface area contributed by atoms with Crippen LogP contribution in [0.4, 0.5) is 17.6 Å². The molecule has 2 fully saturated rings. The van der Waals surface area contributed by atoms with Crippen LogP contribution in [0.25, 0.3) is 11.3 Å². The van der Waals surface area contributed by atoms with Crippen molar-refractivity contribution in [3.8, 4) is 11.3 Å². The molecule has 2 aliphatic heterocycles. The molecule has 0 bridgehead atoms. The van der Waals surface area contributed by atoms with Crippen molar-refractivity contribution in [2.45, 2.75) is 26.8 Å². The topological polar surface area (TPSA) is 57.6 Å². The number of rotatable bonds is 4. The number of nitrogens with zero attached hydrogens (tertiary/aromatic N) is 6. The van der Waals surface area contributed by atoms with Crippen LogP contribution in [0.3, 0.4) is 0 Å². The number of halogens is 1. The first-order chi connectivity index (χ1) is 16.5. The normalized spacial score (nSPS) is 18.9. The minimum atomic E-state index is 0.242. The van der Waals surface area contributed by atoms with Crippen LogP contribution in [0.1, 0.15) is 18.1 Å². The molecular formula is C26H31ClN6O. The van der Waals surface area contributed by atoms with Gasteiger partial charge in [-0.25, -0.2) is 9.97 Å². The number of benzene rings is 1. The van der Waals surface area contributed by atoms with Gasteiger partial charge in [0.25, 0.3) is 0 Å². The van der Waals surface area contributed by atoms with E-state index in [9.17, 15) is 0 Å². The Labute approximate surface area is 206 Å². The highest BCUT2D eigenvalue weighted by molar-refractivity contribution is 6.32. The van der Waals surface area contributed by atoms with Gasteiger partial charge in [0.15, 0.2) is 0 Å². The van der Waals surface area contributed by atoms with E-state index in [0.717, 1.165) is 61.6 Å². The maximum Gasteiger partial charge on any atom is 0.228 e. The van der Waals surface area contributed by atoms with E-state index in [1.807, 2.05) is 12.1 Å². The molecule has 7 nitrogen and oxygen atoms in total. The first-order valence-corrected chi connectivity index (χ1v) is 12.3. The average Bonchev–Trinajstić information content (AvgIpc) is 2.86. The minimum Gasteiger partial charge on any atom is -0.378 e. The lowest BCUT2D eigenvalue weighted by Gasteiger charge is -2.41. The molecule has 0 saturated carbocycles. The quantitative estimate of drug-likeness (QED) is 0.552. The Balaban J connectivity index is 1.47. The molecule has 178 valence electrons. The third-order valence-corrected chi connectivity index (χ3v) is 7.05. The van der Waals surface area contributed by atoms with Crippen molar-refractivity contribution < 1.29 is 4.74 Å². The van der Waals surface area contributed by atoms with Crippen molar-refractivity contribution in [1.29, 1.82) is 0 Å². The highest BCUT2D eigenvalue weighted by Crippen LogP contribution is 2.30. The van der Waals surface area contributed by atoms with E-state index in [1.54, 1.807) is 6.20 Å². The van der Waals surface area contributed by atoms with Gasteiger partial charge in [0.2, 0.25) is 5.95 Å². The molecule has 4 heterocycles. The lowest BCUT2D eigenvalue weighted by molar-refractivity contribution is 0.122. The molecule has 2 saturated heterocycles. The SMILES string of the molecule is Cc1ccc(-c2cc(N3CCN(c4ncccc4Cl)CC3C)nc(N3CCOCC3)n2)cc1C. The van der Waals surface area contributed by atoms with Crippen molar-refractivity contribution >= 4 is 29.2 Å². The smallest absolute Gasteiger partial charge is 0.228 e. The van der Waals surface area contributed by atoms with E-state index >= 15 is 0 Å². The number of pyridine rings is 1. The Hall–Kier alpha value is -2.90. The molecule has 2 aromatic heterocycles. The molecule has 5 rings (SSSR count). The highest BCUT2D eigenvalue weighted by Gasteiger charge is 2.28. The van der Waals surface area contributed by atoms with E-state index in [1.165, 1.54) is 11.1 Å². The molecule has 0 spiro atoms. The fourth-order valence-corrected chi connectivity index (χ4v) is 4.86. The van der Waals surface area contributed by atoms with E-state index in [4.69, 9.17) is 26.3 Å². The van der Waals surface area contributed by atoms with Crippen molar-refractivity contribution in [1.82, 2.24) is 15.0 Å². The first-order valence-electron chi connectivity index (χ1n) is 11.9. The molecule has 0 radical (unpaired) electrons. The predicted octanol–water partition coefficient (Wildman–Crippen LogP) is 4.36. The van der Waals surface area contributed by atoms with Gasteiger partial charge >= 0.3 is 0 Å². The van der Waals surface area contributed by atoms with Gasteiger partial charge in [-0.3, -0.25) is 0 Å². The second-order valence-corrected chi connectivity index (χ2v) is 9.51. The summed E-state index contributed by atoms with van der Waals surface area (Å²) in [6.07, 6.45) is 1.80. The first kappa shape index (κ1) is 22.9. The summed E-state index contributed by atoms with van der Waals surface area (Å²) >= 11 is 6.42. The summed E-state index contributed by atoms with van der Waals surface area (Å²) in [6, 6.07) is 12.7. The summed E-state index contributed by atoms with van der Waals surface area (Å²) in [5, 5.41) is 0.691. The highest BCUT2D eigenvalue weighted by atomic mass is 35.5. The molecule has 0 amide bonds. The van der Waals surface area contributed by atoms with Gasteiger partial charge in [0.05, 0.1) is 23.9 Å². The van der Waals surface area contributed by atoms with Gasteiger partial charge in [-0.2, -0.15) is 4.98 Å². The van der Waals surface area contributed by atoms with Crippen LogP contribution in [0.2, 0.25) is 5.02 Å². The number of aryl methyl sites for hydroxylation is 2.